The highest BCUT2D eigenvalue weighted by Crippen LogP contribution is 2.15. The number of nitrogen functional groups attached to an aromatic ring is 1. The summed E-state index contributed by atoms with van der Waals surface area (Å²) in [4.78, 5) is 22.6. The van der Waals surface area contributed by atoms with Crippen LogP contribution in [0.5, 0.6) is 0 Å². The first-order valence-corrected chi connectivity index (χ1v) is 5.60. The monoisotopic (exact) mass is 275 g/mol. The number of aryl methyl sites for hydroxylation is 1. The largest absolute Gasteiger partial charge is 0.545 e. The summed E-state index contributed by atoms with van der Waals surface area (Å²) in [5.41, 5.74) is 5.74. The van der Waals surface area contributed by atoms with Gasteiger partial charge < -0.3 is 9.90 Å². The van der Waals surface area contributed by atoms with Crippen LogP contribution in [0.2, 0.25) is 0 Å². The zero-order valence-corrected chi connectivity index (χ0v) is 10.7. The normalized spacial score (nSPS) is 9.25. The number of pyridine rings is 1. The van der Waals surface area contributed by atoms with Crippen LogP contribution in [0.1, 0.15) is 15.9 Å². The molecule has 7 nitrogen and oxygen atoms in total. The number of aromatic amines is 1. The number of para-hydroxylation sites is 1. The number of carbonyl (C=O) groups is 1. The molecule has 0 saturated heterocycles. The highest BCUT2D eigenvalue weighted by atomic mass is 16.6. The van der Waals surface area contributed by atoms with Crippen molar-refractivity contribution < 1.29 is 19.8 Å². The summed E-state index contributed by atoms with van der Waals surface area (Å²) in [7, 11) is 0. The van der Waals surface area contributed by atoms with Gasteiger partial charge in [-0.25, -0.2) is 4.98 Å². The number of hydrogen-bond donors (Lipinski definition) is 1. The molecular formula is C13H13N3O4. The Morgan fingerprint density at radius 2 is 1.95 bits per heavy atom. The number of nitrogens with two attached hydrogens (primary N) is 1. The Kier molecular flexibility index (Phi) is 5.16. The molecule has 2 aromatic rings. The molecule has 0 unspecified atom stereocenters. The predicted octanol–water partition coefficient (Wildman–Crippen LogP) is 0.350. The Morgan fingerprint density at radius 3 is 2.35 bits per heavy atom. The number of nitro groups is 1. The molecule has 7 heteroatoms. The number of carbonyl (C=O) groups excluding carboxylic acids is 1. The summed E-state index contributed by atoms with van der Waals surface area (Å²) in [6.45, 7) is 2.00. The lowest BCUT2D eigenvalue weighted by Crippen LogP contribution is -2.23. The number of nitrogens with one attached hydrogen (secondary N) is 1. The second-order valence-corrected chi connectivity index (χ2v) is 3.88. The zero-order valence-electron chi connectivity index (χ0n) is 10.7. The maximum Gasteiger partial charge on any atom is 0.278 e. The van der Waals surface area contributed by atoms with Gasteiger partial charge in [0.25, 0.3) is 11.5 Å². The van der Waals surface area contributed by atoms with E-state index in [1.165, 1.54) is 17.7 Å². The summed E-state index contributed by atoms with van der Waals surface area (Å²) in [6.07, 6.45) is 1.82. The molecule has 1 heterocycles. The van der Waals surface area contributed by atoms with E-state index >= 15 is 0 Å². The van der Waals surface area contributed by atoms with Crippen molar-refractivity contribution in [1.82, 2.24) is 0 Å². The predicted molar refractivity (Wildman–Crippen MR) is 69.6 cm³/mol. The van der Waals surface area contributed by atoms with Crippen LogP contribution in [0, 0.1) is 17.0 Å². The van der Waals surface area contributed by atoms with Gasteiger partial charge >= 0.3 is 0 Å². The van der Waals surface area contributed by atoms with Crippen LogP contribution in [-0.4, -0.2) is 10.9 Å². The van der Waals surface area contributed by atoms with E-state index < -0.39 is 22.1 Å². The highest BCUT2D eigenvalue weighted by Gasteiger charge is 2.11. The Morgan fingerprint density at radius 1 is 1.30 bits per heavy atom. The van der Waals surface area contributed by atoms with E-state index in [0.29, 0.717) is 5.82 Å². The molecule has 3 N–H and O–H groups in total. The van der Waals surface area contributed by atoms with Gasteiger partial charge in [0.2, 0.25) is 0 Å². The third-order valence-electron chi connectivity index (χ3n) is 2.30. The Balaban J connectivity index is 0.000000217. The van der Waals surface area contributed by atoms with E-state index in [0.717, 1.165) is 12.1 Å². The van der Waals surface area contributed by atoms with E-state index in [4.69, 9.17) is 5.73 Å². The molecule has 0 aliphatic carbocycles. The van der Waals surface area contributed by atoms with Crippen molar-refractivity contribution >= 4 is 17.5 Å². The molecule has 0 aliphatic rings. The first-order valence-electron chi connectivity index (χ1n) is 5.60. The van der Waals surface area contributed by atoms with Gasteiger partial charge in [0, 0.05) is 12.1 Å². The van der Waals surface area contributed by atoms with Gasteiger partial charge in [0.05, 0.1) is 22.7 Å². The first kappa shape index (κ1) is 15.1. The molecule has 0 amide bonds. The van der Waals surface area contributed by atoms with Gasteiger partial charge in [0.1, 0.15) is 0 Å². The van der Waals surface area contributed by atoms with Gasteiger partial charge in [0.15, 0.2) is 0 Å². The van der Waals surface area contributed by atoms with Crippen LogP contribution < -0.4 is 15.8 Å². The number of benzene rings is 1. The average Bonchev–Trinajstić information content (AvgIpc) is 2.39. The minimum absolute atomic E-state index is 0.400. The molecule has 0 fully saturated rings. The Hall–Kier alpha value is -2.96. The second-order valence-electron chi connectivity index (χ2n) is 3.88. The summed E-state index contributed by atoms with van der Waals surface area (Å²) in [5, 5.41) is 20.6. The minimum Gasteiger partial charge on any atom is -0.545 e. The maximum absolute atomic E-state index is 10.3. The third kappa shape index (κ3) is 4.37. The van der Waals surface area contributed by atoms with Crippen molar-refractivity contribution in [3.63, 3.8) is 0 Å². The van der Waals surface area contributed by atoms with Crippen LogP contribution in [-0.2, 0) is 0 Å². The van der Waals surface area contributed by atoms with Crippen molar-refractivity contribution in [2.24, 2.45) is 0 Å². The second kappa shape index (κ2) is 6.83. The zero-order chi connectivity index (χ0) is 15.1. The number of H-pyrrole nitrogens is 1. The van der Waals surface area contributed by atoms with Crippen LogP contribution in [0.25, 0.3) is 0 Å². The van der Waals surface area contributed by atoms with Crippen LogP contribution in [0.3, 0.4) is 0 Å². The summed E-state index contributed by atoms with van der Waals surface area (Å²) >= 11 is 0. The average molecular weight is 275 g/mol. The van der Waals surface area contributed by atoms with Crippen LogP contribution in [0.4, 0.5) is 11.5 Å². The highest BCUT2D eigenvalue weighted by molar-refractivity contribution is 5.90. The molecule has 0 radical (unpaired) electrons. The fourth-order valence-corrected chi connectivity index (χ4v) is 1.41. The smallest absolute Gasteiger partial charge is 0.278 e. The number of nitro benzene ring substituents is 1. The van der Waals surface area contributed by atoms with Crippen molar-refractivity contribution in [2.45, 2.75) is 6.92 Å². The van der Waals surface area contributed by atoms with E-state index in [2.05, 4.69) is 4.98 Å². The molecule has 2 rings (SSSR count). The lowest BCUT2D eigenvalue weighted by molar-refractivity contribution is -0.385. The van der Waals surface area contributed by atoms with Crippen LogP contribution >= 0.6 is 0 Å². The number of hydrogen-bond acceptors (Lipinski definition) is 5. The number of carboxylic acid groups (broad SMARTS) is 1. The third-order valence-corrected chi connectivity index (χ3v) is 2.30. The van der Waals surface area contributed by atoms with Gasteiger partial charge in [-0.3, -0.25) is 15.8 Å². The molecule has 0 aliphatic heterocycles. The number of aromatic carboxylic acids is 1. The Labute approximate surface area is 114 Å². The Bertz CT molecular complexity index is 578. The van der Waals surface area contributed by atoms with Crippen molar-refractivity contribution in [3.05, 3.63) is 63.8 Å². The van der Waals surface area contributed by atoms with E-state index in [9.17, 15) is 20.0 Å². The van der Waals surface area contributed by atoms with Gasteiger partial charge in [-0.2, -0.15) is 0 Å². The van der Waals surface area contributed by atoms with Gasteiger partial charge in [-0.05, 0) is 24.6 Å². The summed E-state index contributed by atoms with van der Waals surface area (Å²) in [6, 6.07) is 8.90. The molecule has 20 heavy (non-hydrogen) atoms. The SMILES string of the molecule is Cc1cc[nH+]c(N)c1.O=C([O-])c1ccccc1[N+](=O)[O-]. The molecule has 1 aromatic heterocycles. The molecule has 1 aromatic carbocycles. The number of aromatic nitrogens is 1. The molecular weight excluding hydrogens is 262 g/mol. The molecule has 104 valence electrons. The molecule has 0 spiro atoms. The van der Waals surface area contributed by atoms with Crippen LogP contribution in [0.15, 0.2) is 42.6 Å². The standard InChI is InChI=1S/C7H5NO4.C6H8N2/c9-7(10)5-3-1-2-4-6(5)8(11)12;1-5-2-3-8-6(7)4-5/h1-4H,(H,9,10);2-4H,1H3,(H2,7,8). The lowest BCUT2D eigenvalue weighted by Gasteiger charge is -2.01. The number of nitrogens with zero attached hydrogens (tertiary/aromatic N) is 1. The maximum atomic E-state index is 10.3. The summed E-state index contributed by atoms with van der Waals surface area (Å²) in [5.74, 6) is -0.827. The number of rotatable bonds is 2. The van der Waals surface area contributed by atoms with E-state index in [1.54, 1.807) is 0 Å². The summed E-state index contributed by atoms with van der Waals surface area (Å²) < 4.78 is 0. The molecule has 0 saturated carbocycles. The first-order chi connectivity index (χ1) is 9.41. The minimum atomic E-state index is -1.54. The quantitative estimate of drug-likeness (QED) is 0.625. The van der Waals surface area contributed by atoms with Crippen molar-refractivity contribution in [3.8, 4) is 0 Å². The van der Waals surface area contributed by atoms with E-state index in [1.807, 2.05) is 25.3 Å². The van der Waals surface area contributed by atoms with Crippen molar-refractivity contribution in [2.75, 3.05) is 5.73 Å². The van der Waals surface area contributed by atoms with Gasteiger partial charge in [-0.15, -0.1) is 0 Å². The topological polar surface area (TPSA) is 123 Å². The fourth-order valence-electron chi connectivity index (χ4n) is 1.41. The van der Waals surface area contributed by atoms with Crippen molar-refractivity contribution in [1.29, 1.82) is 0 Å². The van der Waals surface area contributed by atoms with Gasteiger partial charge in [-0.1, -0.05) is 12.1 Å². The number of carboxylic acids is 1. The lowest BCUT2D eigenvalue weighted by atomic mass is 10.2. The molecule has 0 bridgehead atoms. The number of anilines is 1. The molecule has 0 atom stereocenters. The van der Waals surface area contributed by atoms with E-state index in [-0.39, 0.29) is 0 Å². The fraction of sp³-hybridized carbons (Fsp3) is 0.0769.